The molecule has 0 bridgehead atoms. The summed E-state index contributed by atoms with van der Waals surface area (Å²) in [6, 6.07) is 8.24. The molecular formula is C22H21Cl2N5O2. The third kappa shape index (κ3) is 4.57. The van der Waals surface area contributed by atoms with Gasteiger partial charge in [-0.05, 0) is 68.5 Å². The lowest BCUT2D eigenvalue weighted by atomic mass is 10.1. The van der Waals surface area contributed by atoms with Crippen LogP contribution in [0.15, 0.2) is 42.7 Å². The van der Waals surface area contributed by atoms with E-state index in [9.17, 15) is 9.59 Å². The van der Waals surface area contributed by atoms with Gasteiger partial charge in [-0.3, -0.25) is 9.59 Å². The van der Waals surface area contributed by atoms with Gasteiger partial charge in [0.2, 0.25) is 0 Å². The van der Waals surface area contributed by atoms with E-state index in [-0.39, 0.29) is 17.6 Å². The minimum atomic E-state index is -0.450. The third-order valence-corrected chi connectivity index (χ3v) is 5.80. The number of aryl methyl sites for hydroxylation is 1. The van der Waals surface area contributed by atoms with Gasteiger partial charge in [0.05, 0.1) is 22.5 Å². The predicted molar refractivity (Wildman–Crippen MR) is 120 cm³/mol. The van der Waals surface area contributed by atoms with Gasteiger partial charge < -0.3 is 10.6 Å². The van der Waals surface area contributed by atoms with Crippen LogP contribution < -0.4 is 10.6 Å². The number of nitrogens with one attached hydrogen (secondary N) is 2. The fourth-order valence-corrected chi connectivity index (χ4v) is 3.92. The first-order chi connectivity index (χ1) is 14.8. The largest absolute Gasteiger partial charge is 0.349 e. The van der Waals surface area contributed by atoms with Crippen LogP contribution >= 0.6 is 23.2 Å². The Balaban J connectivity index is 1.64. The van der Waals surface area contributed by atoms with Crippen molar-refractivity contribution in [2.45, 2.75) is 32.7 Å². The first-order valence-electron chi connectivity index (χ1n) is 9.92. The van der Waals surface area contributed by atoms with Crippen LogP contribution in [0.5, 0.6) is 0 Å². The van der Waals surface area contributed by atoms with E-state index in [1.165, 1.54) is 10.9 Å². The summed E-state index contributed by atoms with van der Waals surface area (Å²) in [5, 5.41) is 10.8. The number of halogens is 2. The Bertz CT molecular complexity index is 1160. The molecule has 1 saturated carbocycles. The lowest BCUT2D eigenvalue weighted by Crippen LogP contribution is -2.34. The van der Waals surface area contributed by atoms with Crippen molar-refractivity contribution in [3.8, 4) is 5.82 Å². The number of hydrogen-bond acceptors (Lipinski definition) is 4. The minimum absolute atomic E-state index is 0.0584. The van der Waals surface area contributed by atoms with E-state index in [1.54, 1.807) is 43.5 Å². The van der Waals surface area contributed by atoms with E-state index in [4.69, 9.17) is 23.2 Å². The van der Waals surface area contributed by atoms with E-state index in [0.29, 0.717) is 38.6 Å². The van der Waals surface area contributed by atoms with Crippen LogP contribution in [-0.4, -0.2) is 32.6 Å². The monoisotopic (exact) mass is 457 g/mol. The molecule has 3 aromatic rings. The van der Waals surface area contributed by atoms with E-state index in [2.05, 4.69) is 20.7 Å². The quantitative estimate of drug-likeness (QED) is 0.562. The first kappa shape index (κ1) is 21.3. The van der Waals surface area contributed by atoms with E-state index >= 15 is 0 Å². The highest BCUT2D eigenvalue weighted by atomic mass is 35.5. The van der Waals surface area contributed by atoms with Crippen molar-refractivity contribution in [3.05, 3.63) is 69.6 Å². The van der Waals surface area contributed by atoms with Crippen LogP contribution in [-0.2, 0) is 0 Å². The maximum Gasteiger partial charge on any atom is 0.274 e. The Morgan fingerprint density at radius 1 is 1.16 bits per heavy atom. The van der Waals surface area contributed by atoms with E-state index in [0.717, 1.165) is 12.8 Å². The van der Waals surface area contributed by atoms with Crippen LogP contribution in [0.2, 0.25) is 10.0 Å². The Morgan fingerprint density at radius 2 is 1.94 bits per heavy atom. The number of amides is 2. The fraction of sp³-hybridized carbons (Fsp3) is 0.273. The summed E-state index contributed by atoms with van der Waals surface area (Å²) in [5.41, 5.74) is 1.61. The number of hydrogen-bond donors (Lipinski definition) is 2. The summed E-state index contributed by atoms with van der Waals surface area (Å²) in [5.74, 6) is 0.110. The lowest BCUT2D eigenvalue weighted by Gasteiger charge is -2.18. The highest BCUT2D eigenvalue weighted by molar-refractivity contribution is 6.32. The molecule has 1 atom stereocenters. The van der Waals surface area contributed by atoms with Gasteiger partial charge in [-0.15, -0.1) is 0 Å². The number of anilines is 1. The molecule has 160 valence electrons. The zero-order valence-corrected chi connectivity index (χ0v) is 18.5. The molecule has 0 spiro atoms. The van der Waals surface area contributed by atoms with Crippen molar-refractivity contribution in [1.82, 2.24) is 20.1 Å². The normalized spacial score (nSPS) is 14.2. The Hall–Kier alpha value is -2.90. The molecule has 9 heteroatoms. The number of aromatic nitrogens is 3. The van der Waals surface area contributed by atoms with Gasteiger partial charge >= 0.3 is 0 Å². The molecule has 1 aromatic carbocycles. The molecule has 0 radical (unpaired) electrons. The summed E-state index contributed by atoms with van der Waals surface area (Å²) in [6.45, 7) is 3.77. The van der Waals surface area contributed by atoms with E-state index in [1.807, 2.05) is 6.92 Å². The van der Waals surface area contributed by atoms with Crippen molar-refractivity contribution in [2.24, 2.45) is 5.92 Å². The minimum Gasteiger partial charge on any atom is -0.349 e. The molecule has 2 heterocycles. The van der Waals surface area contributed by atoms with Gasteiger partial charge in [0.1, 0.15) is 5.69 Å². The van der Waals surface area contributed by atoms with Crippen LogP contribution in [0.25, 0.3) is 5.82 Å². The highest BCUT2D eigenvalue weighted by Crippen LogP contribution is 2.33. The molecule has 31 heavy (non-hydrogen) atoms. The van der Waals surface area contributed by atoms with Gasteiger partial charge in [0.15, 0.2) is 5.82 Å². The number of carbonyl (C=O) groups excluding carboxylic acids is 2. The van der Waals surface area contributed by atoms with Gasteiger partial charge in [-0.1, -0.05) is 23.2 Å². The van der Waals surface area contributed by atoms with Crippen molar-refractivity contribution in [2.75, 3.05) is 5.32 Å². The Kier molecular flexibility index (Phi) is 5.98. The smallest absolute Gasteiger partial charge is 0.274 e. The van der Waals surface area contributed by atoms with Crippen molar-refractivity contribution in [1.29, 1.82) is 0 Å². The van der Waals surface area contributed by atoms with Gasteiger partial charge in [0.25, 0.3) is 11.8 Å². The summed E-state index contributed by atoms with van der Waals surface area (Å²) in [6.07, 6.45) is 5.27. The van der Waals surface area contributed by atoms with E-state index < -0.39 is 5.91 Å². The van der Waals surface area contributed by atoms with Gasteiger partial charge in [-0.25, -0.2) is 9.67 Å². The second-order valence-corrected chi connectivity index (χ2v) is 8.48. The molecule has 1 fully saturated rings. The molecule has 2 N–H and O–H groups in total. The lowest BCUT2D eigenvalue weighted by molar-refractivity contribution is 0.0936. The van der Waals surface area contributed by atoms with Crippen LogP contribution in [0.1, 0.15) is 46.2 Å². The van der Waals surface area contributed by atoms with Crippen molar-refractivity contribution in [3.63, 3.8) is 0 Å². The molecular weight excluding hydrogens is 437 g/mol. The Labute approximate surface area is 189 Å². The summed E-state index contributed by atoms with van der Waals surface area (Å²) >= 11 is 12.4. The summed E-state index contributed by atoms with van der Waals surface area (Å²) < 4.78 is 1.36. The average molecular weight is 458 g/mol. The number of nitrogens with zero attached hydrogens (tertiary/aromatic N) is 3. The molecule has 4 rings (SSSR count). The molecule has 7 nitrogen and oxygen atoms in total. The van der Waals surface area contributed by atoms with Gasteiger partial charge in [-0.2, -0.15) is 5.10 Å². The second kappa shape index (κ2) is 8.69. The number of carbonyl (C=O) groups is 2. The molecule has 0 saturated heterocycles. The first-order valence-corrected chi connectivity index (χ1v) is 10.7. The number of benzene rings is 1. The maximum atomic E-state index is 13.1. The summed E-state index contributed by atoms with van der Waals surface area (Å²) in [4.78, 5) is 30.3. The highest BCUT2D eigenvalue weighted by Gasteiger charge is 2.30. The predicted octanol–water partition coefficient (Wildman–Crippen LogP) is 4.66. The van der Waals surface area contributed by atoms with Crippen LogP contribution in [0.3, 0.4) is 0 Å². The van der Waals surface area contributed by atoms with Gasteiger partial charge in [0, 0.05) is 17.3 Å². The number of rotatable bonds is 6. The molecule has 1 unspecified atom stereocenters. The zero-order valence-electron chi connectivity index (χ0n) is 17.0. The SMILES string of the molecule is Cc1cc(Cl)cc(C(=O)NC(C)C2CC2)c1NC(=O)c1ccnn1-c1ncccc1Cl. The molecule has 1 aliphatic rings. The maximum absolute atomic E-state index is 13.1. The molecule has 2 amide bonds. The standard InChI is InChI=1S/C22H21Cl2N5O2/c1-12-10-15(23)11-16(21(30)27-13(2)14-5-6-14)19(12)28-22(31)18-7-9-26-29(18)20-17(24)4-3-8-25-20/h3-4,7-11,13-14H,5-6H2,1-2H3,(H,27,30)(H,28,31). The number of pyridine rings is 1. The van der Waals surface area contributed by atoms with Crippen LogP contribution in [0.4, 0.5) is 5.69 Å². The molecule has 1 aliphatic carbocycles. The summed E-state index contributed by atoms with van der Waals surface area (Å²) in [7, 11) is 0. The van der Waals surface area contributed by atoms with Crippen molar-refractivity contribution < 1.29 is 9.59 Å². The average Bonchev–Trinajstić information content (AvgIpc) is 3.47. The van der Waals surface area contributed by atoms with Crippen molar-refractivity contribution >= 4 is 40.7 Å². The second-order valence-electron chi connectivity index (χ2n) is 7.64. The molecule has 0 aliphatic heterocycles. The molecule has 2 aromatic heterocycles. The van der Waals surface area contributed by atoms with Crippen LogP contribution in [0, 0.1) is 12.8 Å². The third-order valence-electron chi connectivity index (χ3n) is 5.29. The zero-order chi connectivity index (χ0) is 22.1. The Morgan fingerprint density at radius 3 is 2.65 bits per heavy atom. The fourth-order valence-electron chi connectivity index (χ4n) is 3.44. The topological polar surface area (TPSA) is 88.9 Å².